The van der Waals surface area contributed by atoms with Crippen molar-refractivity contribution in [2.75, 3.05) is 25.0 Å². The van der Waals surface area contributed by atoms with E-state index >= 15 is 0 Å². The fraction of sp³-hybridized carbons (Fsp3) is 0.345. The molecule has 2 amide bonds. The highest BCUT2D eigenvalue weighted by Crippen LogP contribution is 2.31. The molecule has 0 bridgehead atoms. The van der Waals surface area contributed by atoms with E-state index in [0.29, 0.717) is 6.54 Å². The molecule has 0 aromatic heterocycles. The van der Waals surface area contributed by atoms with E-state index in [4.69, 9.17) is 0 Å². The van der Waals surface area contributed by atoms with E-state index in [2.05, 4.69) is 16.3 Å². The highest BCUT2D eigenvalue weighted by atomic mass is 19.1. The molecule has 2 aliphatic rings. The van der Waals surface area contributed by atoms with Gasteiger partial charge in [-0.25, -0.2) is 13.6 Å². The molecule has 0 saturated carbocycles. The molecular formula is C29H31F2N3O. The van der Waals surface area contributed by atoms with E-state index in [9.17, 15) is 13.6 Å². The molecule has 182 valence electrons. The van der Waals surface area contributed by atoms with E-state index in [1.54, 1.807) is 0 Å². The normalized spacial score (nSPS) is 16.9. The Hall–Kier alpha value is -3.25. The van der Waals surface area contributed by atoms with Crippen molar-refractivity contribution < 1.29 is 13.6 Å². The Morgan fingerprint density at radius 3 is 2.09 bits per heavy atom. The summed E-state index contributed by atoms with van der Waals surface area (Å²) in [5.74, 6) is -0.397. The van der Waals surface area contributed by atoms with Crippen molar-refractivity contribution in [2.24, 2.45) is 0 Å². The molecule has 3 aromatic carbocycles. The Labute approximate surface area is 205 Å². The third kappa shape index (κ3) is 5.54. The summed E-state index contributed by atoms with van der Waals surface area (Å²) in [5.41, 5.74) is 4.19. The summed E-state index contributed by atoms with van der Waals surface area (Å²) >= 11 is 0. The maximum absolute atomic E-state index is 13.5. The summed E-state index contributed by atoms with van der Waals surface area (Å²) in [6.07, 6.45) is 3.83. The average molecular weight is 476 g/mol. The van der Waals surface area contributed by atoms with Crippen LogP contribution in [0.4, 0.5) is 19.3 Å². The summed E-state index contributed by atoms with van der Waals surface area (Å²) in [6.45, 7) is 3.58. The number of urea groups is 1. The van der Waals surface area contributed by atoms with E-state index in [1.807, 2.05) is 47.4 Å². The highest BCUT2D eigenvalue weighted by molar-refractivity contribution is 5.92. The summed E-state index contributed by atoms with van der Waals surface area (Å²) in [5, 5.41) is 3.03. The standard InChI is InChI=1S/C29H31F2N3O/c30-24-11-7-21(8-12-24)27(22-9-13-25(31)14-10-22)5-3-17-33-18-15-26(16-19-33)34-20-23-4-1-2-6-28(23)32-29(34)35/h1-2,4,6-14,26-27H,3,5,15-20H2,(H,32,35). The van der Waals surface area contributed by atoms with Gasteiger partial charge in [-0.15, -0.1) is 0 Å². The molecule has 3 aromatic rings. The number of hydrogen-bond donors (Lipinski definition) is 1. The van der Waals surface area contributed by atoms with Crippen LogP contribution in [0.1, 0.15) is 48.3 Å². The van der Waals surface area contributed by atoms with Crippen LogP contribution in [0.5, 0.6) is 0 Å². The fourth-order valence-electron chi connectivity index (χ4n) is 5.41. The topological polar surface area (TPSA) is 35.6 Å². The van der Waals surface area contributed by atoms with Gasteiger partial charge in [-0.3, -0.25) is 0 Å². The lowest BCUT2D eigenvalue weighted by Crippen LogP contribution is -2.50. The van der Waals surface area contributed by atoms with Gasteiger partial charge < -0.3 is 15.1 Å². The Bertz CT molecular complexity index is 1100. The zero-order valence-electron chi connectivity index (χ0n) is 19.8. The molecule has 35 heavy (non-hydrogen) atoms. The minimum Gasteiger partial charge on any atom is -0.317 e. The fourth-order valence-corrected chi connectivity index (χ4v) is 5.41. The zero-order chi connectivity index (χ0) is 24.2. The van der Waals surface area contributed by atoms with Crippen LogP contribution in [0, 0.1) is 11.6 Å². The molecule has 2 aliphatic heterocycles. The number of likely N-dealkylation sites (tertiary alicyclic amines) is 1. The number of nitrogens with zero attached hydrogens (tertiary/aromatic N) is 2. The van der Waals surface area contributed by atoms with Crippen LogP contribution in [-0.2, 0) is 6.54 Å². The lowest BCUT2D eigenvalue weighted by atomic mass is 9.87. The van der Waals surface area contributed by atoms with Gasteiger partial charge in [0.05, 0.1) is 0 Å². The van der Waals surface area contributed by atoms with E-state index in [0.717, 1.165) is 62.1 Å². The number of anilines is 1. The summed E-state index contributed by atoms with van der Waals surface area (Å²) in [6, 6.07) is 21.5. The van der Waals surface area contributed by atoms with Crippen LogP contribution in [0.2, 0.25) is 0 Å². The monoisotopic (exact) mass is 475 g/mol. The first-order valence-corrected chi connectivity index (χ1v) is 12.5. The van der Waals surface area contributed by atoms with Crippen molar-refractivity contribution in [1.29, 1.82) is 0 Å². The molecule has 0 aliphatic carbocycles. The molecular weight excluding hydrogens is 444 g/mol. The van der Waals surface area contributed by atoms with E-state index in [1.165, 1.54) is 29.8 Å². The maximum atomic E-state index is 13.5. The van der Waals surface area contributed by atoms with Crippen molar-refractivity contribution in [3.8, 4) is 0 Å². The van der Waals surface area contributed by atoms with Crippen LogP contribution >= 0.6 is 0 Å². The molecule has 1 fully saturated rings. The van der Waals surface area contributed by atoms with Gasteiger partial charge in [0.15, 0.2) is 0 Å². The van der Waals surface area contributed by atoms with Gasteiger partial charge in [-0.1, -0.05) is 42.5 Å². The Balaban J connectivity index is 1.15. The lowest BCUT2D eigenvalue weighted by Gasteiger charge is -2.40. The summed E-state index contributed by atoms with van der Waals surface area (Å²) in [4.78, 5) is 17.1. The van der Waals surface area contributed by atoms with Crippen molar-refractivity contribution in [2.45, 2.75) is 44.2 Å². The third-order valence-electron chi connectivity index (χ3n) is 7.37. The number of benzene rings is 3. The number of hydrogen-bond acceptors (Lipinski definition) is 2. The lowest BCUT2D eigenvalue weighted by molar-refractivity contribution is 0.120. The molecule has 0 radical (unpaired) electrons. The predicted molar refractivity (Wildman–Crippen MR) is 134 cm³/mol. The number of para-hydroxylation sites is 1. The smallest absolute Gasteiger partial charge is 0.317 e. The van der Waals surface area contributed by atoms with Crippen LogP contribution < -0.4 is 5.32 Å². The van der Waals surface area contributed by atoms with Crippen molar-refractivity contribution in [1.82, 2.24) is 9.80 Å². The second-order valence-electron chi connectivity index (χ2n) is 9.59. The number of piperidine rings is 1. The molecule has 1 saturated heterocycles. The minimum absolute atomic E-state index is 0.00332. The molecule has 4 nitrogen and oxygen atoms in total. The second-order valence-corrected chi connectivity index (χ2v) is 9.59. The van der Waals surface area contributed by atoms with Crippen molar-refractivity contribution >= 4 is 11.7 Å². The first-order valence-electron chi connectivity index (χ1n) is 12.5. The number of halogens is 2. The SMILES string of the molecule is O=C1Nc2ccccc2CN1C1CCN(CCCC(c2ccc(F)cc2)c2ccc(F)cc2)CC1. The van der Waals surface area contributed by atoms with Crippen molar-refractivity contribution in [3.63, 3.8) is 0 Å². The molecule has 6 heteroatoms. The first-order chi connectivity index (χ1) is 17.1. The summed E-state index contributed by atoms with van der Waals surface area (Å²) in [7, 11) is 0. The number of nitrogens with one attached hydrogen (secondary N) is 1. The number of fused-ring (bicyclic) bond motifs is 1. The average Bonchev–Trinajstić information content (AvgIpc) is 2.88. The van der Waals surface area contributed by atoms with Gasteiger partial charge in [0.25, 0.3) is 0 Å². The van der Waals surface area contributed by atoms with Gasteiger partial charge >= 0.3 is 6.03 Å². The molecule has 0 atom stereocenters. The van der Waals surface area contributed by atoms with Crippen molar-refractivity contribution in [3.05, 3.63) is 101 Å². The first kappa shape index (κ1) is 23.5. The molecule has 1 N–H and O–H groups in total. The molecule has 2 heterocycles. The highest BCUT2D eigenvalue weighted by Gasteiger charge is 2.31. The number of carbonyl (C=O) groups excluding carboxylic acids is 1. The largest absolute Gasteiger partial charge is 0.322 e. The molecule has 0 spiro atoms. The zero-order valence-corrected chi connectivity index (χ0v) is 19.8. The Morgan fingerprint density at radius 1 is 0.857 bits per heavy atom. The van der Waals surface area contributed by atoms with Gasteiger partial charge in [0.1, 0.15) is 11.6 Å². The van der Waals surface area contributed by atoms with Crippen LogP contribution in [0.3, 0.4) is 0 Å². The number of carbonyl (C=O) groups is 1. The van der Waals surface area contributed by atoms with Crippen LogP contribution in [-0.4, -0.2) is 41.5 Å². The van der Waals surface area contributed by atoms with Crippen LogP contribution in [0.25, 0.3) is 0 Å². The third-order valence-corrected chi connectivity index (χ3v) is 7.37. The van der Waals surface area contributed by atoms with Gasteiger partial charge in [-0.05, 0) is 79.3 Å². The quantitative estimate of drug-likeness (QED) is 0.430. The maximum Gasteiger partial charge on any atom is 0.322 e. The number of rotatable bonds is 7. The number of amides is 2. The van der Waals surface area contributed by atoms with Gasteiger partial charge in [0, 0.05) is 37.3 Å². The Kier molecular flexibility index (Phi) is 7.09. The van der Waals surface area contributed by atoms with E-state index in [-0.39, 0.29) is 29.6 Å². The molecule has 5 rings (SSSR count). The molecule has 0 unspecified atom stereocenters. The van der Waals surface area contributed by atoms with Gasteiger partial charge in [-0.2, -0.15) is 0 Å². The second kappa shape index (κ2) is 10.6. The Morgan fingerprint density at radius 2 is 1.46 bits per heavy atom. The predicted octanol–water partition coefficient (Wildman–Crippen LogP) is 6.39. The summed E-state index contributed by atoms with van der Waals surface area (Å²) < 4.78 is 27.0. The van der Waals surface area contributed by atoms with E-state index < -0.39 is 0 Å². The van der Waals surface area contributed by atoms with Crippen LogP contribution in [0.15, 0.2) is 72.8 Å². The minimum atomic E-state index is -0.250. The van der Waals surface area contributed by atoms with Gasteiger partial charge in [0.2, 0.25) is 0 Å².